The van der Waals surface area contributed by atoms with Crippen molar-refractivity contribution in [1.29, 1.82) is 0 Å². The van der Waals surface area contributed by atoms with Crippen molar-refractivity contribution in [2.75, 3.05) is 6.61 Å². The van der Waals surface area contributed by atoms with E-state index in [0.29, 0.717) is 13.0 Å². The average Bonchev–Trinajstić information content (AvgIpc) is 2.52. The summed E-state index contributed by atoms with van der Waals surface area (Å²) in [6, 6.07) is 0. The molecule has 0 spiro atoms. The van der Waals surface area contributed by atoms with E-state index in [-0.39, 0.29) is 12.1 Å². The molecule has 0 aromatic carbocycles. The maximum Gasteiger partial charge on any atom is 0.306 e. The summed E-state index contributed by atoms with van der Waals surface area (Å²) >= 11 is 0. The number of aliphatic hydroxyl groups is 1. The summed E-state index contributed by atoms with van der Waals surface area (Å²) in [5, 5.41) is 8.64. The molecule has 0 radical (unpaired) electrons. The van der Waals surface area contributed by atoms with E-state index in [1.807, 2.05) is 0 Å². The van der Waals surface area contributed by atoms with Gasteiger partial charge in [0.05, 0.1) is 0 Å². The molecule has 100 valence electrons. The van der Waals surface area contributed by atoms with Gasteiger partial charge in [0, 0.05) is 13.0 Å². The second kappa shape index (κ2) is 9.46. The van der Waals surface area contributed by atoms with Crippen LogP contribution in [0.1, 0.15) is 70.6 Å². The highest BCUT2D eigenvalue weighted by molar-refractivity contribution is 5.69. The zero-order valence-corrected chi connectivity index (χ0v) is 10.8. The second-order valence-electron chi connectivity index (χ2n) is 4.99. The molecule has 0 aromatic heterocycles. The normalized spacial score (nSPS) is 21.0. The van der Waals surface area contributed by atoms with Crippen LogP contribution in [0.5, 0.6) is 0 Å². The number of rotatable bonds is 8. The van der Waals surface area contributed by atoms with Gasteiger partial charge < -0.3 is 9.84 Å². The lowest BCUT2D eigenvalue weighted by molar-refractivity contribution is -0.148. The minimum Gasteiger partial charge on any atom is -0.462 e. The number of esters is 1. The lowest BCUT2D eigenvalue weighted by Crippen LogP contribution is -2.15. The Hall–Kier alpha value is -0.570. The Morgan fingerprint density at radius 2 is 1.76 bits per heavy atom. The maximum absolute atomic E-state index is 11.3. The van der Waals surface area contributed by atoms with Crippen LogP contribution in [0.25, 0.3) is 0 Å². The number of aliphatic hydroxyl groups excluding tert-OH is 1. The Kier molecular flexibility index (Phi) is 8.06. The summed E-state index contributed by atoms with van der Waals surface area (Å²) in [6.07, 6.45) is 11.9. The van der Waals surface area contributed by atoms with E-state index in [1.165, 1.54) is 19.3 Å². The van der Waals surface area contributed by atoms with Crippen molar-refractivity contribution in [3.63, 3.8) is 0 Å². The van der Waals surface area contributed by atoms with Gasteiger partial charge in [-0.2, -0.15) is 0 Å². The van der Waals surface area contributed by atoms with E-state index in [0.717, 1.165) is 44.9 Å². The van der Waals surface area contributed by atoms with E-state index < -0.39 is 0 Å². The molecule has 0 aromatic rings. The molecule has 0 bridgehead atoms. The molecule has 0 amide bonds. The summed E-state index contributed by atoms with van der Waals surface area (Å²) < 4.78 is 5.38. The van der Waals surface area contributed by atoms with Crippen molar-refractivity contribution < 1.29 is 14.6 Å². The molecule has 1 N–H and O–H groups in total. The van der Waals surface area contributed by atoms with Gasteiger partial charge >= 0.3 is 5.97 Å². The smallest absolute Gasteiger partial charge is 0.306 e. The molecule has 0 aliphatic carbocycles. The first kappa shape index (κ1) is 14.5. The van der Waals surface area contributed by atoms with Crippen LogP contribution in [0.2, 0.25) is 0 Å². The van der Waals surface area contributed by atoms with Gasteiger partial charge in [-0.3, -0.25) is 4.79 Å². The molecule has 1 rings (SSSR count). The number of unbranched alkanes of at least 4 members (excludes halogenated alkanes) is 5. The van der Waals surface area contributed by atoms with Crippen LogP contribution in [-0.4, -0.2) is 23.8 Å². The van der Waals surface area contributed by atoms with Gasteiger partial charge in [0.15, 0.2) is 0 Å². The number of cyclic esters (lactones) is 1. The molecule has 1 fully saturated rings. The first-order valence-corrected chi connectivity index (χ1v) is 7.13. The zero-order chi connectivity index (χ0) is 12.3. The van der Waals surface area contributed by atoms with Crippen LogP contribution in [0, 0.1) is 0 Å². The minimum atomic E-state index is -0.00422. The fourth-order valence-corrected chi connectivity index (χ4v) is 2.34. The van der Waals surface area contributed by atoms with Crippen LogP contribution >= 0.6 is 0 Å². The van der Waals surface area contributed by atoms with E-state index in [4.69, 9.17) is 9.84 Å². The summed E-state index contributed by atoms with van der Waals surface area (Å²) in [5.41, 5.74) is 0. The topological polar surface area (TPSA) is 46.5 Å². The van der Waals surface area contributed by atoms with Crippen LogP contribution < -0.4 is 0 Å². The van der Waals surface area contributed by atoms with Gasteiger partial charge in [0.25, 0.3) is 0 Å². The van der Waals surface area contributed by atoms with Crippen molar-refractivity contribution in [3.8, 4) is 0 Å². The van der Waals surface area contributed by atoms with Crippen molar-refractivity contribution in [1.82, 2.24) is 0 Å². The lowest BCUT2D eigenvalue weighted by atomic mass is 10.0. The largest absolute Gasteiger partial charge is 0.462 e. The van der Waals surface area contributed by atoms with Crippen LogP contribution in [0.4, 0.5) is 0 Å². The van der Waals surface area contributed by atoms with Crippen molar-refractivity contribution in [2.45, 2.75) is 76.7 Å². The molecule has 0 saturated carbocycles. The minimum absolute atomic E-state index is 0.00422. The molecule has 17 heavy (non-hydrogen) atoms. The van der Waals surface area contributed by atoms with Gasteiger partial charge in [0.2, 0.25) is 0 Å². The van der Waals surface area contributed by atoms with Crippen LogP contribution in [0.15, 0.2) is 0 Å². The second-order valence-corrected chi connectivity index (χ2v) is 4.99. The van der Waals surface area contributed by atoms with Crippen molar-refractivity contribution in [3.05, 3.63) is 0 Å². The highest BCUT2D eigenvalue weighted by Crippen LogP contribution is 2.19. The number of hydrogen-bond acceptors (Lipinski definition) is 3. The first-order chi connectivity index (χ1) is 8.33. The van der Waals surface area contributed by atoms with E-state index in [2.05, 4.69) is 0 Å². The van der Waals surface area contributed by atoms with Gasteiger partial charge in [0.1, 0.15) is 6.10 Å². The molecule has 1 atom stereocenters. The van der Waals surface area contributed by atoms with E-state index in [1.54, 1.807) is 0 Å². The van der Waals surface area contributed by atoms with Gasteiger partial charge in [-0.1, -0.05) is 25.7 Å². The van der Waals surface area contributed by atoms with Crippen molar-refractivity contribution >= 4 is 5.97 Å². The third-order valence-corrected chi connectivity index (χ3v) is 3.39. The van der Waals surface area contributed by atoms with Crippen molar-refractivity contribution in [2.24, 2.45) is 0 Å². The van der Waals surface area contributed by atoms with E-state index >= 15 is 0 Å². The molecule has 1 aliphatic rings. The highest BCUT2D eigenvalue weighted by atomic mass is 16.5. The average molecular weight is 242 g/mol. The Labute approximate surface area is 105 Å². The Balaban J connectivity index is 1.96. The van der Waals surface area contributed by atoms with Crippen LogP contribution in [-0.2, 0) is 9.53 Å². The Bertz CT molecular complexity index is 204. The summed E-state index contributed by atoms with van der Waals surface area (Å²) in [6.45, 7) is 0.317. The predicted octanol–water partition coefficient (Wildman–Crippen LogP) is 3.20. The number of carbonyl (C=O) groups excluding carboxylic acids is 1. The quantitative estimate of drug-likeness (QED) is 0.525. The molecule has 3 nitrogen and oxygen atoms in total. The monoisotopic (exact) mass is 242 g/mol. The fraction of sp³-hybridized carbons (Fsp3) is 0.929. The summed E-state index contributed by atoms with van der Waals surface area (Å²) in [5.74, 6) is -0.00422. The molecule has 1 aliphatic heterocycles. The molecular weight excluding hydrogens is 216 g/mol. The molecule has 3 heteroatoms. The maximum atomic E-state index is 11.3. The molecular formula is C14H26O3. The first-order valence-electron chi connectivity index (χ1n) is 7.13. The summed E-state index contributed by atoms with van der Waals surface area (Å²) in [4.78, 5) is 11.3. The van der Waals surface area contributed by atoms with Gasteiger partial charge in [-0.05, 0) is 38.5 Å². The predicted molar refractivity (Wildman–Crippen MR) is 67.8 cm³/mol. The highest BCUT2D eigenvalue weighted by Gasteiger charge is 2.17. The third kappa shape index (κ3) is 7.37. The third-order valence-electron chi connectivity index (χ3n) is 3.39. The zero-order valence-electron chi connectivity index (χ0n) is 10.8. The standard InChI is InChI=1S/C14H26O3/c15-12-8-4-2-1-3-5-9-13-10-6-7-11-14(16)17-13/h13,15H,1-12H2. The van der Waals surface area contributed by atoms with Gasteiger partial charge in [-0.15, -0.1) is 0 Å². The molecule has 1 heterocycles. The number of ether oxygens (including phenoxy) is 1. The Morgan fingerprint density at radius 1 is 1.06 bits per heavy atom. The van der Waals surface area contributed by atoms with E-state index in [9.17, 15) is 4.79 Å². The molecule has 1 saturated heterocycles. The molecule has 1 unspecified atom stereocenters. The van der Waals surface area contributed by atoms with Gasteiger partial charge in [-0.25, -0.2) is 0 Å². The SMILES string of the molecule is O=C1CCCCC(CCCCCCCCO)O1. The summed E-state index contributed by atoms with van der Waals surface area (Å²) in [7, 11) is 0. The lowest BCUT2D eigenvalue weighted by Gasteiger charge is -2.14. The fourth-order valence-electron chi connectivity index (χ4n) is 2.34. The number of hydrogen-bond donors (Lipinski definition) is 1. The number of carbonyl (C=O) groups is 1. The van der Waals surface area contributed by atoms with Crippen LogP contribution in [0.3, 0.4) is 0 Å². The Morgan fingerprint density at radius 3 is 2.53 bits per heavy atom.